The molecule has 1 atom stereocenters. The van der Waals surface area contributed by atoms with Crippen molar-refractivity contribution in [2.75, 3.05) is 0 Å². The molecule has 2 aromatic rings. The average molecular weight is 456 g/mol. The van der Waals surface area contributed by atoms with Gasteiger partial charge in [0, 0.05) is 0 Å². The molecule has 0 N–H and O–H groups in total. The number of halogens is 3. The van der Waals surface area contributed by atoms with E-state index in [4.69, 9.17) is 9.57 Å². The number of hydrogen-bond donors (Lipinski definition) is 0. The third kappa shape index (κ3) is 5.09. The summed E-state index contributed by atoms with van der Waals surface area (Å²) in [6.45, 7) is 0. The number of sulfone groups is 1. The van der Waals surface area contributed by atoms with Crippen LogP contribution in [0.2, 0.25) is 0 Å². The molecule has 31 heavy (non-hydrogen) atoms. The number of nitrogens with zero attached hydrogens (tertiary/aromatic N) is 2. The average Bonchev–Trinajstić information content (AvgIpc) is 3.40. The Balaban J connectivity index is 1.35. The predicted molar refractivity (Wildman–Crippen MR) is 103 cm³/mol. The number of hydrogen-bond acceptors (Lipinski definition) is 7. The van der Waals surface area contributed by atoms with Crippen LogP contribution < -0.4 is 9.47 Å². The van der Waals surface area contributed by atoms with Crippen LogP contribution in [0.4, 0.5) is 13.2 Å². The minimum atomic E-state index is -4.75. The van der Waals surface area contributed by atoms with Gasteiger partial charge in [0.15, 0.2) is 21.0 Å². The summed E-state index contributed by atoms with van der Waals surface area (Å²) in [5.74, 6) is 0.224. The van der Waals surface area contributed by atoms with Gasteiger partial charge < -0.3 is 14.3 Å². The monoisotopic (exact) mass is 456 g/mol. The summed E-state index contributed by atoms with van der Waals surface area (Å²) in [5, 5.41) is 3.48. The van der Waals surface area contributed by atoms with E-state index in [1.54, 1.807) is 0 Å². The second-order valence-electron chi connectivity index (χ2n) is 7.29. The molecule has 2 aliphatic rings. The van der Waals surface area contributed by atoms with Crippen LogP contribution in [0.15, 0.2) is 52.8 Å². The van der Waals surface area contributed by atoms with Gasteiger partial charge >= 0.3 is 6.36 Å². The third-order valence-electron chi connectivity index (χ3n) is 5.10. The number of oxime groups is 1. The van der Waals surface area contributed by atoms with Crippen LogP contribution in [-0.2, 0) is 14.7 Å². The van der Waals surface area contributed by atoms with Gasteiger partial charge in [0.05, 0.1) is 17.9 Å². The lowest BCUT2D eigenvalue weighted by atomic mass is 10.1. The summed E-state index contributed by atoms with van der Waals surface area (Å²) < 4.78 is 71.3. The van der Waals surface area contributed by atoms with Gasteiger partial charge in [0.1, 0.15) is 11.5 Å². The number of aromatic nitrogens is 1. The van der Waals surface area contributed by atoms with Gasteiger partial charge in [-0.25, -0.2) is 13.4 Å². The molecule has 2 heterocycles. The molecule has 0 amide bonds. The molecule has 1 aromatic carbocycles. The molecule has 0 radical (unpaired) electrons. The van der Waals surface area contributed by atoms with Crippen molar-refractivity contribution in [2.24, 2.45) is 5.16 Å². The maximum atomic E-state index is 12.6. The summed E-state index contributed by atoms with van der Waals surface area (Å²) in [4.78, 5) is 9.33. The highest BCUT2D eigenvalue weighted by Gasteiger charge is 2.32. The van der Waals surface area contributed by atoms with Crippen molar-refractivity contribution in [1.29, 1.82) is 0 Å². The first-order valence-electron chi connectivity index (χ1n) is 9.67. The Bertz CT molecular complexity index is 1050. The van der Waals surface area contributed by atoms with E-state index in [-0.39, 0.29) is 28.3 Å². The molecular formula is C20H19F3N2O5S. The fraction of sp³-hybridized carbons (Fsp3) is 0.400. The molecule has 11 heteroatoms. The van der Waals surface area contributed by atoms with Crippen LogP contribution >= 0.6 is 0 Å². The Hall–Kier alpha value is -2.82. The van der Waals surface area contributed by atoms with Gasteiger partial charge in [-0.2, -0.15) is 0 Å². The summed E-state index contributed by atoms with van der Waals surface area (Å²) in [6.07, 6.45) is -0.584. The highest BCUT2D eigenvalue weighted by atomic mass is 32.2. The quantitative estimate of drug-likeness (QED) is 0.656. The Labute approximate surface area is 176 Å². The second-order valence-corrected chi connectivity index (χ2v) is 9.46. The fourth-order valence-electron chi connectivity index (χ4n) is 3.58. The van der Waals surface area contributed by atoms with Crippen LogP contribution in [0, 0.1) is 0 Å². The number of rotatable bonds is 5. The summed E-state index contributed by atoms with van der Waals surface area (Å²) >= 11 is 0. The van der Waals surface area contributed by atoms with Gasteiger partial charge in [-0.3, -0.25) is 0 Å². The van der Waals surface area contributed by atoms with E-state index in [1.807, 2.05) is 0 Å². The molecule has 166 valence electrons. The summed E-state index contributed by atoms with van der Waals surface area (Å²) in [6, 6.07) is 8.21. The van der Waals surface area contributed by atoms with Crippen LogP contribution in [0.25, 0.3) is 0 Å². The SMILES string of the molecule is O=S(=O)(c1ccc(OC2=NO[C@@H](c3ccc(OC(F)(F)F)cc3)C2)cn1)C1CCCC1. The summed E-state index contributed by atoms with van der Waals surface area (Å²) in [5.41, 5.74) is 0.605. The van der Waals surface area contributed by atoms with Gasteiger partial charge in [-0.1, -0.05) is 30.1 Å². The molecule has 1 fully saturated rings. The van der Waals surface area contributed by atoms with Crippen molar-refractivity contribution in [1.82, 2.24) is 4.98 Å². The van der Waals surface area contributed by atoms with Crippen LogP contribution in [0.5, 0.6) is 11.5 Å². The van der Waals surface area contributed by atoms with Crippen LogP contribution in [0.1, 0.15) is 43.8 Å². The maximum absolute atomic E-state index is 12.6. The first-order valence-corrected chi connectivity index (χ1v) is 11.2. The topological polar surface area (TPSA) is 87.1 Å². The molecule has 4 rings (SSSR count). The first-order chi connectivity index (χ1) is 14.7. The smallest absolute Gasteiger partial charge is 0.438 e. The lowest BCUT2D eigenvalue weighted by Gasteiger charge is -2.11. The van der Waals surface area contributed by atoms with E-state index in [2.05, 4.69) is 14.9 Å². The highest BCUT2D eigenvalue weighted by molar-refractivity contribution is 7.92. The molecule has 0 unspecified atom stereocenters. The van der Waals surface area contributed by atoms with E-state index in [9.17, 15) is 21.6 Å². The van der Waals surface area contributed by atoms with Gasteiger partial charge in [-0.05, 0) is 42.7 Å². The van der Waals surface area contributed by atoms with Crippen molar-refractivity contribution in [2.45, 2.75) is 54.8 Å². The van der Waals surface area contributed by atoms with Crippen molar-refractivity contribution in [3.05, 3.63) is 48.2 Å². The number of benzene rings is 1. The molecule has 0 spiro atoms. The van der Waals surface area contributed by atoms with E-state index >= 15 is 0 Å². The van der Waals surface area contributed by atoms with Crippen molar-refractivity contribution in [3.8, 4) is 11.5 Å². The van der Waals surface area contributed by atoms with Crippen molar-refractivity contribution >= 4 is 15.7 Å². The minimum Gasteiger partial charge on any atom is -0.438 e. The standard InChI is InChI=1S/C20H19F3N2O5S/c21-20(22,23)29-14-7-5-13(6-8-14)17-11-18(25-30-17)28-15-9-10-19(24-12-15)31(26,27)16-3-1-2-4-16/h5-10,12,16-17H,1-4,11H2/t17-/m1/s1. The zero-order valence-electron chi connectivity index (χ0n) is 16.2. The molecule has 0 saturated heterocycles. The first kappa shape index (κ1) is 21.4. The molecule has 0 bridgehead atoms. The number of ether oxygens (including phenoxy) is 2. The maximum Gasteiger partial charge on any atom is 0.573 e. The lowest BCUT2D eigenvalue weighted by Crippen LogP contribution is -2.19. The van der Waals surface area contributed by atoms with Crippen molar-refractivity contribution < 1.29 is 35.9 Å². The molecule has 1 aromatic heterocycles. The van der Waals surface area contributed by atoms with Crippen LogP contribution in [0.3, 0.4) is 0 Å². The number of alkyl halides is 3. The van der Waals surface area contributed by atoms with E-state index in [0.717, 1.165) is 12.8 Å². The zero-order valence-corrected chi connectivity index (χ0v) is 17.0. The second kappa shape index (κ2) is 8.37. The fourth-order valence-corrected chi connectivity index (χ4v) is 5.33. The lowest BCUT2D eigenvalue weighted by molar-refractivity contribution is -0.274. The largest absolute Gasteiger partial charge is 0.573 e. The van der Waals surface area contributed by atoms with E-state index < -0.39 is 22.3 Å². The Morgan fingerprint density at radius 1 is 1.00 bits per heavy atom. The van der Waals surface area contributed by atoms with Gasteiger partial charge in [-0.15, -0.1) is 13.2 Å². The molecule has 1 aliphatic heterocycles. The van der Waals surface area contributed by atoms with Gasteiger partial charge in [0.25, 0.3) is 0 Å². The Morgan fingerprint density at radius 2 is 1.68 bits per heavy atom. The molecule has 7 nitrogen and oxygen atoms in total. The molecular weight excluding hydrogens is 437 g/mol. The molecule has 1 aliphatic carbocycles. The third-order valence-corrected chi connectivity index (χ3v) is 7.28. The van der Waals surface area contributed by atoms with Crippen LogP contribution in [-0.4, -0.2) is 30.9 Å². The van der Waals surface area contributed by atoms with Gasteiger partial charge in [0.2, 0.25) is 5.90 Å². The zero-order chi connectivity index (χ0) is 22.1. The summed E-state index contributed by atoms with van der Waals surface area (Å²) in [7, 11) is -3.44. The molecule has 1 saturated carbocycles. The van der Waals surface area contributed by atoms with Crippen molar-refractivity contribution in [3.63, 3.8) is 0 Å². The Kier molecular flexibility index (Phi) is 5.78. The van der Waals surface area contributed by atoms with E-state index in [0.29, 0.717) is 24.2 Å². The minimum absolute atomic E-state index is 0.0235. The van der Waals surface area contributed by atoms with E-state index in [1.165, 1.54) is 42.6 Å². The predicted octanol–water partition coefficient (Wildman–Crippen LogP) is 4.55. The Morgan fingerprint density at radius 3 is 2.29 bits per heavy atom. The number of pyridine rings is 1. The normalized spacial score (nSPS) is 19.7. The highest BCUT2D eigenvalue weighted by Crippen LogP contribution is 2.32.